The number of carbonyl (C=O) groups is 1. The number of hydrogen-bond donors (Lipinski definition) is 1. The molecular weight excluding hydrogens is 378 g/mol. The van der Waals surface area contributed by atoms with Gasteiger partial charge in [-0.1, -0.05) is 24.3 Å². The lowest BCUT2D eigenvalue weighted by Crippen LogP contribution is -2.42. The summed E-state index contributed by atoms with van der Waals surface area (Å²) in [7, 11) is 0. The first-order valence-electron chi connectivity index (χ1n) is 11.4. The quantitative estimate of drug-likeness (QED) is 0.823. The van der Waals surface area contributed by atoms with Gasteiger partial charge < -0.3 is 19.3 Å². The Kier molecular flexibility index (Phi) is 5.61. The van der Waals surface area contributed by atoms with Crippen LogP contribution in [0.25, 0.3) is 11.3 Å². The number of rotatable bonds is 5. The molecule has 6 heteroatoms. The second-order valence-corrected chi connectivity index (χ2v) is 9.07. The Morgan fingerprint density at radius 2 is 1.93 bits per heavy atom. The largest absolute Gasteiger partial charge is 0.393 e. The van der Waals surface area contributed by atoms with Gasteiger partial charge >= 0.3 is 0 Å². The van der Waals surface area contributed by atoms with Crippen LogP contribution < -0.4 is 0 Å². The molecule has 6 nitrogen and oxygen atoms in total. The first-order valence-corrected chi connectivity index (χ1v) is 11.4. The molecule has 0 bridgehead atoms. The molecule has 1 amide bonds. The van der Waals surface area contributed by atoms with Gasteiger partial charge in [0.15, 0.2) is 0 Å². The lowest BCUT2D eigenvalue weighted by Gasteiger charge is -2.36. The number of carbonyl (C=O) groups excluding carboxylic acids is 1. The summed E-state index contributed by atoms with van der Waals surface area (Å²) in [5, 5.41) is 11.1. The molecule has 30 heavy (non-hydrogen) atoms. The molecule has 2 saturated heterocycles. The molecule has 0 spiro atoms. The van der Waals surface area contributed by atoms with E-state index in [-0.39, 0.29) is 24.0 Å². The van der Waals surface area contributed by atoms with Crippen molar-refractivity contribution in [3.63, 3.8) is 0 Å². The van der Waals surface area contributed by atoms with Crippen LogP contribution in [0.1, 0.15) is 50.1 Å². The second-order valence-electron chi connectivity index (χ2n) is 9.07. The molecule has 1 aromatic heterocycles. The number of aliphatic hydroxyl groups is 1. The normalized spacial score (nSPS) is 23.2. The van der Waals surface area contributed by atoms with Gasteiger partial charge in [0, 0.05) is 38.3 Å². The van der Waals surface area contributed by atoms with Crippen LogP contribution in [-0.2, 0) is 9.53 Å². The van der Waals surface area contributed by atoms with Crippen LogP contribution in [0.3, 0.4) is 0 Å². The van der Waals surface area contributed by atoms with E-state index in [2.05, 4.69) is 33.8 Å². The zero-order valence-electron chi connectivity index (χ0n) is 17.4. The van der Waals surface area contributed by atoms with Crippen LogP contribution >= 0.6 is 0 Å². The van der Waals surface area contributed by atoms with Gasteiger partial charge in [-0.2, -0.15) is 0 Å². The highest BCUT2D eigenvalue weighted by atomic mass is 16.5. The van der Waals surface area contributed by atoms with E-state index in [0.29, 0.717) is 18.8 Å². The topological polar surface area (TPSA) is 67.6 Å². The Balaban J connectivity index is 1.17. The lowest BCUT2D eigenvalue weighted by molar-refractivity contribution is -0.135. The monoisotopic (exact) mass is 409 g/mol. The molecule has 3 aliphatic heterocycles. The van der Waals surface area contributed by atoms with Crippen molar-refractivity contribution >= 4 is 5.91 Å². The minimum Gasteiger partial charge on any atom is -0.393 e. The summed E-state index contributed by atoms with van der Waals surface area (Å²) in [6, 6.07) is 8.57. The predicted molar refractivity (Wildman–Crippen MR) is 114 cm³/mol. The number of likely N-dealkylation sites (tertiary alicyclic amines) is 1. The van der Waals surface area contributed by atoms with Crippen LogP contribution in [0, 0.1) is 11.8 Å². The first kappa shape index (κ1) is 19.8. The summed E-state index contributed by atoms with van der Waals surface area (Å²) in [4.78, 5) is 19.0. The van der Waals surface area contributed by atoms with Crippen molar-refractivity contribution in [1.82, 2.24) is 14.5 Å². The number of imidazole rings is 1. The van der Waals surface area contributed by atoms with E-state index in [1.54, 1.807) is 0 Å². The molecule has 5 rings (SSSR count). The summed E-state index contributed by atoms with van der Waals surface area (Å²) in [5.41, 5.74) is 3.63. The predicted octanol–water partition coefficient (Wildman–Crippen LogP) is 3.26. The van der Waals surface area contributed by atoms with Gasteiger partial charge in [-0.15, -0.1) is 0 Å². The van der Waals surface area contributed by atoms with E-state index in [0.717, 1.165) is 57.7 Å². The number of aromatic nitrogens is 2. The zero-order chi connectivity index (χ0) is 20.5. The van der Waals surface area contributed by atoms with Gasteiger partial charge in [-0.3, -0.25) is 4.79 Å². The summed E-state index contributed by atoms with van der Waals surface area (Å²) in [5.74, 6) is 1.00. The molecule has 3 aliphatic rings. The molecule has 0 aliphatic carbocycles. The average Bonchev–Trinajstić information content (AvgIpc) is 3.37. The van der Waals surface area contributed by atoms with Crippen LogP contribution in [0.15, 0.2) is 36.8 Å². The summed E-state index contributed by atoms with van der Waals surface area (Å²) in [6.07, 6.45) is 8.53. The molecule has 0 radical (unpaired) electrons. The third-order valence-corrected chi connectivity index (χ3v) is 7.30. The maximum absolute atomic E-state index is 12.7. The van der Waals surface area contributed by atoms with Gasteiger partial charge in [0.25, 0.3) is 0 Å². The number of ether oxygens (including phenoxy) is 1. The van der Waals surface area contributed by atoms with Crippen molar-refractivity contribution in [2.24, 2.45) is 11.8 Å². The molecule has 2 fully saturated rings. The summed E-state index contributed by atoms with van der Waals surface area (Å²) >= 11 is 0. The van der Waals surface area contributed by atoms with Gasteiger partial charge in [-0.25, -0.2) is 4.98 Å². The number of amides is 1. The molecule has 4 heterocycles. The Bertz CT molecular complexity index is 881. The Labute approximate surface area is 177 Å². The fourth-order valence-corrected chi connectivity index (χ4v) is 5.45. The van der Waals surface area contributed by atoms with E-state index in [1.165, 1.54) is 11.1 Å². The molecule has 1 N–H and O–H groups in total. The third kappa shape index (κ3) is 3.79. The Morgan fingerprint density at radius 3 is 2.73 bits per heavy atom. The van der Waals surface area contributed by atoms with E-state index in [4.69, 9.17) is 4.74 Å². The van der Waals surface area contributed by atoms with Gasteiger partial charge in [-0.05, 0) is 49.5 Å². The van der Waals surface area contributed by atoms with E-state index in [1.807, 2.05) is 17.4 Å². The van der Waals surface area contributed by atoms with Gasteiger partial charge in [0.2, 0.25) is 5.91 Å². The van der Waals surface area contributed by atoms with Crippen molar-refractivity contribution in [2.45, 2.75) is 50.7 Å². The number of hydrogen-bond acceptors (Lipinski definition) is 4. The van der Waals surface area contributed by atoms with Gasteiger partial charge in [0.05, 0.1) is 30.4 Å². The van der Waals surface area contributed by atoms with Crippen molar-refractivity contribution < 1.29 is 14.6 Å². The fourth-order valence-electron chi connectivity index (χ4n) is 5.45. The SMILES string of the molecule is O=C(CC1CCOCC1)N1CCC([C@@H](O)C[C@H]2c3ccccc3-c3cncn32)CC1. The van der Waals surface area contributed by atoms with Gasteiger partial charge in [0.1, 0.15) is 0 Å². The smallest absolute Gasteiger partial charge is 0.222 e. The number of piperidine rings is 1. The molecule has 0 unspecified atom stereocenters. The molecule has 1 aromatic carbocycles. The number of nitrogens with zero attached hydrogens (tertiary/aromatic N) is 3. The second kappa shape index (κ2) is 8.52. The molecule has 0 saturated carbocycles. The third-order valence-electron chi connectivity index (χ3n) is 7.30. The van der Waals surface area contributed by atoms with E-state index in [9.17, 15) is 9.90 Å². The summed E-state index contributed by atoms with van der Waals surface area (Å²) in [6.45, 7) is 3.10. The Hall–Kier alpha value is -2.18. The van der Waals surface area contributed by atoms with Crippen molar-refractivity contribution in [3.8, 4) is 11.3 Å². The molecule has 2 aromatic rings. The summed E-state index contributed by atoms with van der Waals surface area (Å²) < 4.78 is 7.60. The molecule has 2 atom stereocenters. The zero-order valence-corrected chi connectivity index (χ0v) is 17.4. The standard InChI is InChI=1S/C24H31N3O3/c28-23(14-21-19-3-1-2-4-20(19)22-15-25-16-27(21)22)18-5-9-26(10-6-18)24(29)13-17-7-11-30-12-8-17/h1-4,15-18,21,23,28H,5-14H2/t21-,23-/m0/s1. The molecular formula is C24H31N3O3. The van der Waals surface area contributed by atoms with Crippen molar-refractivity contribution in [3.05, 3.63) is 42.4 Å². The number of benzene rings is 1. The first-order chi connectivity index (χ1) is 14.7. The highest BCUT2D eigenvalue weighted by Gasteiger charge is 2.34. The Morgan fingerprint density at radius 1 is 1.17 bits per heavy atom. The minimum atomic E-state index is -0.371. The van der Waals surface area contributed by atoms with Crippen LogP contribution in [0.5, 0.6) is 0 Å². The van der Waals surface area contributed by atoms with E-state index < -0.39 is 0 Å². The van der Waals surface area contributed by atoms with Crippen LogP contribution in [0.2, 0.25) is 0 Å². The number of aliphatic hydroxyl groups excluding tert-OH is 1. The van der Waals surface area contributed by atoms with Crippen LogP contribution in [0.4, 0.5) is 0 Å². The minimum absolute atomic E-state index is 0.141. The lowest BCUT2D eigenvalue weighted by atomic mass is 9.86. The fraction of sp³-hybridized carbons (Fsp3) is 0.583. The van der Waals surface area contributed by atoms with E-state index >= 15 is 0 Å². The maximum Gasteiger partial charge on any atom is 0.222 e. The van der Waals surface area contributed by atoms with Crippen molar-refractivity contribution in [1.29, 1.82) is 0 Å². The van der Waals surface area contributed by atoms with Crippen LogP contribution in [-0.4, -0.2) is 57.9 Å². The average molecular weight is 410 g/mol. The highest BCUT2D eigenvalue weighted by molar-refractivity contribution is 5.76. The molecule has 160 valence electrons. The number of fused-ring (bicyclic) bond motifs is 3. The maximum atomic E-state index is 12.7. The highest BCUT2D eigenvalue weighted by Crippen LogP contribution is 2.42. The van der Waals surface area contributed by atoms with Crippen molar-refractivity contribution in [2.75, 3.05) is 26.3 Å².